The smallest absolute Gasteiger partial charge is 0.140 e. The number of pyridine rings is 1. The van der Waals surface area contributed by atoms with Crippen molar-refractivity contribution in [2.45, 2.75) is 18.9 Å². The number of benzene rings is 1. The van der Waals surface area contributed by atoms with Crippen molar-refractivity contribution in [3.63, 3.8) is 0 Å². The van der Waals surface area contributed by atoms with Gasteiger partial charge in [-0.2, -0.15) is 5.26 Å². The van der Waals surface area contributed by atoms with Gasteiger partial charge in [-0.25, -0.2) is 4.98 Å². The summed E-state index contributed by atoms with van der Waals surface area (Å²) < 4.78 is 0. The van der Waals surface area contributed by atoms with Gasteiger partial charge in [0.15, 0.2) is 0 Å². The van der Waals surface area contributed by atoms with Gasteiger partial charge in [-0.3, -0.25) is 0 Å². The molecular formula is C18H18ClN3O. The minimum absolute atomic E-state index is 0.249. The summed E-state index contributed by atoms with van der Waals surface area (Å²) in [5.41, 5.74) is 2.39. The predicted molar refractivity (Wildman–Crippen MR) is 90.3 cm³/mol. The fraction of sp³-hybridized carbons (Fsp3) is 0.333. The maximum Gasteiger partial charge on any atom is 0.140 e. The summed E-state index contributed by atoms with van der Waals surface area (Å²) in [7, 11) is 0. The molecule has 23 heavy (non-hydrogen) atoms. The molecule has 1 N–H and O–H groups in total. The highest BCUT2D eigenvalue weighted by molar-refractivity contribution is 6.30. The van der Waals surface area contributed by atoms with Gasteiger partial charge in [-0.05, 0) is 48.6 Å². The van der Waals surface area contributed by atoms with Crippen molar-refractivity contribution in [1.82, 2.24) is 4.98 Å². The molecule has 1 saturated heterocycles. The molecule has 0 saturated carbocycles. The van der Waals surface area contributed by atoms with E-state index in [1.165, 1.54) is 0 Å². The standard InChI is InChI=1S/C18H18ClN3O/c19-15-3-1-13(2-4-15)18(23)14-7-9-22(10-8-14)17-6-5-16(11-20)21-12-17/h1-6,12,14,18,23H,7-10H2/t18-/m1/s1. The van der Waals surface area contributed by atoms with Crippen LogP contribution in [0.4, 0.5) is 5.69 Å². The summed E-state index contributed by atoms with van der Waals surface area (Å²) in [4.78, 5) is 6.37. The van der Waals surface area contributed by atoms with Gasteiger partial charge in [-0.1, -0.05) is 23.7 Å². The van der Waals surface area contributed by atoms with Gasteiger partial charge in [-0.15, -0.1) is 0 Å². The summed E-state index contributed by atoms with van der Waals surface area (Å²) in [5.74, 6) is 0.249. The van der Waals surface area contributed by atoms with Crippen LogP contribution >= 0.6 is 11.6 Å². The number of anilines is 1. The highest BCUT2D eigenvalue weighted by Crippen LogP contribution is 2.32. The molecule has 0 spiro atoms. The second-order valence-electron chi connectivity index (χ2n) is 5.83. The second-order valence-corrected chi connectivity index (χ2v) is 6.27. The van der Waals surface area contributed by atoms with Crippen LogP contribution < -0.4 is 4.90 Å². The molecule has 3 rings (SSSR count). The molecule has 1 aliphatic rings. The molecule has 1 aromatic carbocycles. The summed E-state index contributed by atoms with van der Waals surface area (Å²) in [6.45, 7) is 1.76. The highest BCUT2D eigenvalue weighted by atomic mass is 35.5. The van der Waals surface area contributed by atoms with Crippen molar-refractivity contribution < 1.29 is 5.11 Å². The van der Waals surface area contributed by atoms with E-state index in [0.29, 0.717) is 10.7 Å². The van der Waals surface area contributed by atoms with Gasteiger partial charge >= 0.3 is 0 Å². The van der Waals surface area contributed by atoms with Gasteiger partial charge in [0.1, 0.15) is 11.8 Å². The summed E-state index contributed by atoms with van der Waals surface area (Å²) in [6.07, 6.45) is 3.13. The summed E-state index contributed by atoms with van der Waals surface area (Å²) in [5, 5.41) is 20.0. The molecule has 1 aromatic heterocycles. The van der Waals surface area contributed by atoms with E-state index in [0.717, 1.165) is 37.2 Å². The molecule has 0 unspecified atom stereocenters. The van der Waals surface area contributed by atoms with E-state index in [4.69, 9.17) is 16.9 Å². The lowest BCUT2D eigenvalue weighted by atomic mass is 9.87. The van der Waals surface area contributed by atoms with Crippen LogP contribution in [0.1, 0.15) is 30.2 Å². The molecule has 118 valence electrons. The lowest BCUT2D eigenvalue weighted by Crippen LogP contribution is -2.35. The Morgan fingerprint density at radius 3 is 2.43 bits per heavy atom. The molecule has 2 heterocycles. The number of hydrogen-bond donors (Lipinski definition) is 1. The van der Waals surface area contributed by atoms with Crippen molar-refractivity contribution in [2.75, 3.05) is 18.0 Å². The van der Waals surface area contributed by atoms with E-state index in [1.54, 1.807) is 12.3 Å². The molecule has 1 fully saturated rings. The molecule has 4 nitrogen and oxygen atoms in total. The Morgan fingerprint density at radius 2 is 1.87 bits per heavy atom. The van der Waals surface area contributed by atoms with Gasteiger partial charge < -0.3 is 10.0 Å². The van der Waals surface area contributed by atoms with E-state index in [2.05, 4.69) is 9.88 Å². The van der Waals surface area contributed by atoms with E-state index >= 15 is 0 Å². The van der Waals surface area contributed by atoms with Gasteiger partial charge in [0.2, 0.25) is 0 Å². The van der Waals surface area contributed by atoms with Crippen LogP contribution in [0.3, 0.4) is 0 Å². The first-order valence-electron chi connectivity index (χ1n) is 7.72. The van der Waals surface area contributed by atoms with Crippen LogP contribution in [0.15, 0.2) is 42.6 Å². The Balaban J connectivity index is 1.61. The normalized spacial score (nSPS) is 16.8. The van der Waals surface area contributed by atoms with Crippen molar-refractivity contribution in [2.24, 2.45) is 5.92 Å². The molecule has 5 heteroatoms. The maximum atomic E-state index is 10.6. The Hall–Kier alpha value is -2.09. The zero-order valence-corrected chi connectivity index (χ0v) is 13.4. The van der Waals surface area contributed by atoms with Crippen LogP contribution in [-0.4, -0.2) is 23.2 Å². The van der Waals surface area contributed by atoms with Crippen LogP contribution in [0.2, 0.25) is 5.02 Å². The van der Waals surface area contributed by atoms with E-state index in [9.17, 15) is 5.11 Å². The molecule has 2 aromatic rings. The zero-order valence-electron chi connectivity index (χ0n) is 12.7. The third-order valence-electron chi connectivity index (χ3n) is 4.43. The Labute approximate surface area is 141 Å². The molecule has 1 aliphatic heterocycles. The number of halogens is 1. The first-order chi connectivity index (χ1) is 11.2. The van der Waals surface area contributed by atoms with Crippen molar-refractivity contribution in [3.8, 4) is 6.07 Å². The molecule has 0 bridgehead atoms. The van der Waals surface area contributed by atoms with Crippen LogP contribution in [-0.2, 0) is 0 Å². The van der Waals surface area contributed by atoms with E-state index in [-0.39, 0.29) is 5.92 Å². The topological polar surface area (TPSA) is 60.2 Å². The summed E-state index contributed by atoms with van der Waals surface area (Å²) in [6, 6.07) is 13.1. The van der Waals surface area contributed by atoms with Gasteiger partial charge in [0.05, 0.1) is 18.0 Å². The number of aromatic nitrogens is 1. The average Bonchev–Trinajstić information content (AvgIpc) is 2.62. The number of rotatable bonds is 3. The van der Waals surface area contributed by atoms with Gasteiger partial charge in [0, 0.05) is 18.1 Å². The number of nitrogens with zero attached hydrogens (tertiary/aromatic N) is 3. The minimum atomic E-state index is -0.450. The average molecular weight is 328 g/mol. The molecule has 0 aliphatic carbocycles. The third kappa shape index (κ3) is 3.64. The van der Waals surface area contributed by atoms with E-state index in [1.807, 2.05) is 36.4 Å². The Kier molecular flexibility index (Phi) is 4.80. The monoisotopic (exact) mass is 327 g/mol. The molecule has 0 amide bonds. The fourth-order valence-electron chi connectivity index (χ4n) is 3.04. The molecular weight excluding hydrogens is 310 g/mol. The van der Waals surface area contributed by atoms with Crippen LogP contribution in [0.5, 0.6) is 0 Å². The summed E-state index contributed by atoms with van der Waals surface area (Å²) >= 11 is 5.90. The maximum absolute atomic E-state index is 10.6. The van der Waals surface area contributed by atoms with Crippen LogP contribution in [0.25, 0.3) is 0 Å². The Morgan fingerprint density at radius 1 is 1.17 bits per heavy atom. The Bertz CT molecular complexity index is 686. The lowest BCUT2D eigenvalue weighted by Gasteiger charge is -2.35. The SMILES string of the molecule is N#Cc1ccc(N2CCC([C@H](O)c3ccc(Cl)cc3)CC2)cn1. The largest absolute Gasteiger partial charge is 0.388 e. The van der Waals surface area contributed by atoms with Crippen molar-refractivity contribution in [3.05, 3.63) is 58.9 Å². The van der Waals surface area contributed by atoms with E-state index < -0.39 is 6.10 Å². The number of nitriles is 1. The zero-order chi connectivity index (χ0) is 16.2. The highest BCUT2D eigenvalue weighted by Gasteiger charge is 2.26. The lowest BCUT2D eigenvalue weighted by molar-refractivity contribution is 0.0930. The number of hydrogen-bond acceptors (Lipinski definition) is 4. The number of aliphatic hydroxyl groups excluding tert-OH is 1. The van der Waals surface area contributed by atoms with Crippen molar-refractivity contribution in [1.29, 1.82) is 5.26 Å². The number of piperidine rings is 1. The van der Waals surface area contributed by atoms with Gasteiger partial charge in [0.25, 0.3) is 0 Å². The second kappa shape index (κ2) is 6.99. The molecule has 1 atom stereocenters. The first-order valence-corrected chi connectivity index (χ1v) is 8.10. The fourth-order valence-corrected chi connectivity index (χ4v) is 3.17. The van der Waals surface area contributed by atoms with Crippen LogP contribution in [0, 0.1) is 17.2 Å². The number of aliphatic hydroxyl groups is 1. The van der Waals surface area contributed by atoms with Crippen molar-refractivity contribution >= 4 is 17.3 Å². The molecule has 0 radical (unpaired) electrons. The quantitative estimate of drug-likeness (QED) is 0.936. The first kappa shape index (κ1) is 15.8. The third-order valence-corrected chi connectivity index (χ3v) is 4.68. The predicted octanol–water partition coefficient (Wildman–Crippen LogP) is 3.56. The minimum Gasteiger partial charge on any atom is -0.388 e.